The topological polar surface area (TPSA) is 63.0 Å². The molecule has 0 amide bonds. The highest BCUT2D eigenvalue weighted by molar-refractivity contribution is 5.82. The van der Waals surface area contributed by atoms with Crippen LogP contribution in [0.2, 0.25) is 0 Å². The first-order chi connectivity index (χ1) is 11.7. The van der Waals surface area contributed by atoms with Crippen molar-refractivity contribution in [3.8, 4) is 22.5 Å². The second-order valence-electron chi connectivity index (χ2n) is 7.01. The molecule has 1 aliphatic heterocycles. The average Bonchev–Trinajstić information content (AvgIpc) is 3.36. The predicted molar refractivity (Wildman–Crippen MR) is 90.1 cm³/mol. The maximum Gasteiger partial charge on any atom is 0.258 e. The van der Waals surface area contributed by atoms with Crippen molar-refractivity contribution in [2.75, 3.05) is 0 Å². The summed E-state index contributed by atoms with van der Waals surface area (Å²) in [6.07, 6.45) is 9.77. The number of aromatic amines is 1. The number of hydrogen-bond acceptors (Lipinski definition) is 3. The van der Waals surface area contributed by atoms with Crippen LogP contribution in [0.3, 0.4) is 0 Å². The van der Waals surface area contributed by atoms with E-state index in [0.717, 1.165) is 22.8 Å². The molecule has 3 heterocycles. The number of hydrogen-bond donors (Lipinski definition) is 1. The highest BCUT2D eigenvalue weighted by Gasteiger charge is 2.70. The molecule has 2 saturated carbocycles. The number of nitrogens with zero attached hydrogens (tertiary/aromatic N) is 3. The van der Waals surface area contributed by atoms with Gasteiger partial charge in [0.1, 0.15) is 0 Å². The molecule has 0 unspecified atom stereocenters. The van der Waals surface area contributed by atoms with Gasteiger partial charge in [0.2, 0.25) is 0 Å². The van der Waals surface area contributed by atoms with Gasteiger partial charge < -0.3 is 9.38 Å². The van der Waals surface area contributed by atoms with Crippen molar-refractivity contribution in [1.82, 2.24) is 19.4 Å². The van der Waals surface area contributed by atoms with E-state index in [-0.39, 0.29) is 5.56 Å². The number of aromatic nitrogens is 4. The van der Waals surface area contributed by atoms with Gasteiger partial charge in [-0.25, -0.2) is 4.98 Å². The van der Waals surface area contributed by atoms with Gasteiger partial charge in [0.25, 0.3) is 5.56 Å². The minimum atomic E-state index is -0.0944. The molecule has 0 aromatic carbocycles. The molecule has 2 fully saturated rings. The molecule has 1 N–H and O–H groups in total. The summed E-state index contributed by atoms with van der Waals surface area (Å²) in [6.45, 7) is 0. The Morgan fingerprint density at radius 3 is 2.83 bits per heavy atom. The van der Waals surface area contributed by atoms with Crippen LogP contribution in [-0.2, 0) is 5.41 Å². The third kappa shape index (κ3) is 1.51. The van der Waals surface area contributed by atoms with Crippen LogP contribution in [0.5, 0.6) is 0 Å². The zero-order valence-electron chi connectivity index (χ0n) is 12.9. The maximum atomic E-state index is 12.5. The number of H-pyrrole nitrogens is 1. The molecule has 0 radical (unpaired) electrons. The third-order valence-electron chi connectivity index (χ3n) is 5.67. The standard InChI is InChI=1S/C19H14N4O/c24-18-17(15-10-23-6-5-20-9-16(23)21-15)13-3-1-11(2-4-14(13)22-18)19-7-12(19)8-19/h1-6,9-10,12H,7-8H2,(H,22,24). The first-order valence-electron chi connectivity index (χ1n) is 8.20. The molecule has 5 nitrogen and oxygen atoms in total. The van der Waals surface area contributed by atoms with Crippen molar-refractivity contribution in [2.24, 2.45) is 5.92 Å². The second kappa shape index (κ2) is 3.93. The van der Waals surface area contributed by atoms with E-state index in [9.17, 15) is 4.79 Å². The fraction of sp³-hybridized carbons (Fsp3) is 0.211. The summed E-state index contributed by atoms with van der Waals surface area (Å²) in [5, 5.41) is 0. The summed E-state index contributed by atoms with van der Waals surface area (Å²) in [4.78, 5) is 24.1. The SMILES string of the molecule is O=c1[nH]c2ccc(C34CC3C4)ccc-2c1-c1cn2ccncc2n1. The highest BCUT2D eigenvalue weighted by atomic mass is 16.1. The Bertz CT molecular complexity index is 1120. The molecular weight excluding hydrogens is 300 g/mol. The zero-order valence-corrected chi connectivity index (χ0v) is 12.9. The van der Waals surface area contributed by atoms with E-state index in [1.54, 1.807) is 12.4 Å². The molecule has 4 aliphatic rings. The van der Waals surface area contributed by atoms with E-state index in [2.05, 4.69) is 33.2 Å². The maximum absolute atomic E-state index is 12.5. The van der Waals surface area contributed by atoms with Gasteiger partial charge in [0.15, 0.2) is 5.65 Å². The Hall–Kier alpha value is -2.95. The van der Waals surface area contributed by atoms with Gasteiger partial charge in [-0.3, -0.25) is 9.78 Å². The molecule has 3 aliphatic carbocycles. The van der Waals surface area contributed by atoms with E-state index in [1.165, 1.54) is 18.4 Å². The monoisotopic (exact) mass is 314 g/mol. The number of fused-ring (bicyclic) bond motifs is 3. The summed E-state index contributed by atoms with van der Waals surface area (Å²) in [5.41, 5.74) is 5.61. The Kier molecular flexibility index (Phi) is 2.04. The average molecular weight is 314 g/mol. The Balaban J connectivity index is 1.58. The number of rotatable bonds is 2. The third-order valence-corrected chi connectivity index (χ3v) is 5.67. The lowest BCUT2D eigenvalue weighted by Crippen LogP contribution is -2.00. The van der Waals surface area contributed by atoms with Crippen LogP contribution in [0.4, 0.5) is 0 Å². The smallest absolute Gasteiger partial charge is 0.258 e. The molecule has 2 aromatic rings. The summed E-state index contributed by atoms with van der Waals surface area (Å²) < 4.78 is 1.88. The molecule has 24 heavy (non-hydrogen) atoms. The molecule has 6 rings (SSSR count). The van der Waals surface area contributed by atoms with Crippen LogP contribution < -0.4 is 5.56 Å². The lowest BCUT2D eigenvalue weighted by molar-refractivity contribution is 0.823. The van der Waals surface area contributed by atoms with Gasteiger partial charge in [-0.05, 0) is 35.8 Å². The molecule has 0 saturated heterocycles. The largest absolute Gasteiger partial charge is 0.321 e. The van der Waals surface area contributed by atoms with Crippen LogP contribution in [0.15, 0.2) is 53.8 Å². The Labute approximate surface area is 137 Å². The molecule has 5 heteroatoms. The van der Waals surface area contributed by atoms with Crippen LogP contribution in [0, 0.1) is 5.92 Å². The summed E-state index contributed by atoms with van der Waals surface area (Å²) in [7, 11) is 0. The lowest BCUT2D eigenvalue weighted by atomic mass is 10.1. The van der Waals surface area contributed by atoms with Crippen molar-refractivity contribution in [2.45, 2.75) is 18.3 Å². The van der Waals surface area contributed by atoms with E-state index in [4.69, 9.17) is 0 Å². The first kappa shape index (κ1) is 12.5. The van der Waals surface area contributed by atoms with Crippen molar-refractivity contribution in [3.63, 3.8) is 0 Å². The first-order valence-corrected chi connectivity index (χ1v) is 8.20. The molecule has 2 aromatic heterocycles. The van der Waals surface area contributed by atoms with E-state index < -0.39 is 0 Å². The van der Waals surface area contributed by atoms with Crippen molar-refractivity contribution >= 4 is 5.65 Å². The van der Waals surface area contributed by atoms with Crippen LogP contribution in [0.25, 0.3) is 28.2 Å². The Morgan fingerprint density at radius 1 is 1.21 bits per heavy atom. The van der Waals surface area contributed by atoms with Crippen molar-refractivity contribution in [3.05, 3.63) is 65.0 Å². The van der Waals surface area contributed by atoms with Gasteiger partial charge in [-0.2, -0.15) is 0 Å². The quantitative estimate of drug-likeness (QED) is 0.619. The summed E-state index contributed by atoms with van der Waals surface area (Å²) in [5.74, 6) is 0.902. The molecule has 0 atom stereocenters. The second-order valence-corrected chi connectivity index (χ2v) is 7.01. The lowest BCUT2D eigenvalue weighted by Gasteiger charge is -1.98. The van der Waals surface area contributed by atoms with Gasteiger partial charge in [0.05, 0.1) is 17.5 Å². The van der Waals surface area contributed by atoms with Crippen LogP contribution in [-0.4, -0.2) is 19.4 Å². The van der Waals surface area contributed by atoms with E-state index >= 15 is 0 Å². The minimum Gasteiger partial charge on any atom is -0.321 e. The molecule has 116 valence electrons. The minimum absolute atomic E-state index is 0.0944. The van der Waals surface area contributed by atoms with Gasteiger partial charge >= 0.3 is 0 Å². The Morgan fingerprint density at radius 2 is 2.04 bits per heavy atom. The normalized spacial score (nSPS) is 24.2. The number of imidazole rings is 1. The van der Waals surface area contributed by atoms with Gasteiger partial charge in [0, 0.05) is 29.8 Å². The fourth-order valence-electron chi connectivity index (χ4n) is 3.94. The zero-order chi connectivity index (χ0) is 15.9. The summed E-state index contributed by atoms with van der Waals surface area (Å²) >= 11 is 0. The van der Waals surface area contributed by atoms with E-state index in [1.807, 2.05) is 22.9 Å². The van der Waals surface area contributed by atoms with Crippen molar-refractivity contribution < 1.29 is 0 Å². The molecular formula is C19H14N4O. The fourth-order valence-corrected chi connectivity index (χ4v) is 3.94. The van der Waals surface area contributed by atoms with Gasteiger partial charge in [-0.15, -0.1) is 0 Å². The summed E-state index contributed by atoms with van der Waals surface area (Å²) in [6, 6.07) is 8.46. The van der Waals surface area contributed by atoms with E-state index in [0.29, 0.717) is 16.7 Å². The molecule has 0 spiro atoms. The van der Waals surface area contributed by atoms with Crippen LogP contribution >= 0.6 is 0 Å². The highest BCUT2D eigenvalue weighted by Crippen LogP contribution is 2.75. The number of nitrogens with one attached hydrogen (secondary N) is 1. The van der Waals surface area contributed by atoms with Crippen LogP contribution in [0.1, 0.15) is 18.4 Å². The van der Waals surface area contributed by atoms with Gasteiger partial charge in [-0.1, -0.05) is 18.2 Å². The van der Waals surface area contributed by atoms with Crippen molar-refractivity contribution in [1.29, 1.82) is 0 Å². The predicted octanol–water partition coefficient (Wildman–Crippen LogP) is 2.85. The molecule has 0 bridgehead atoms.